The zero-order valence-electron chi connectivity index (χ0n) is 10.0. The van der Waals surface area contributed by atoms with E-state index < -0.39 is 5.76 Å². The number of hydrogen-bond acceptors (Lipinski definition) is 3. The number of oxazole rings is 1. The molecule has 4 heteroatoms. The summed E-state index contributed by atoms with van der Waals surface area (Å²) in [6.45, 7) is 4.80. The lowest BCUT2D eigenvalue weighted by Crippen LogP contribution is -2.02. The maximum Gasteiger partial charge on any atom is 0.416 e. The van der Waals surface area contributed by atoms with Gasteiger partial charge in [0.25, 0.3) is 0 Å². The number of rotatable bonds is 6. The maximum absolute atomic E-state index is 10.7. The van der Waals surface area contributed by atoms with Crippen LogP contribution in [0.3, 0.4) is 0 Å². The first kappa shape index (κ1) is 12.4. The third-order valence-corrected chi connectivity index (χ3v) is 2.57. The van der Waals surface area contributed by atoms with Gasteiger partial charge in [0.2, 0.25) is 0 Å². The topological polar surface area (TPSA) is 55.2 Å². The fourth-order valence-corrected chi connectivity index (χ4v) is 1.56. The first-order valence-corrected chi connectivity index (χ1v) is 5.74. The van der Waals surface area contributed by atoms with Crippen molar-refractivity contribution in [2.24, 2.45) is 0 Å². The van der Waals surface area contributed by atoms with Gasteiger partial charge in [-0.2, -0.15) is 0 Å². The number of ether oxygens (including phenoxy) is 1. The minimum atomic E-state index is -0.426. The van der Waals surface area contributed by atoms with Crippen LogP contribution in [0, 0.1) is 0 Å². The Labute approximate surface area is 105 Å². The SMILES string of the molecule is C=Cc1ccc(COCCc2coc(=O)[nH]2)cc1. The van der Waals surface area contributed by atoms with E-state index in [9.17, 15) is 4.79 Å². The van der Waals surface area contributed by atoms with Gasteiger partial charge in [0, 0.05) is 6.42 Å². The lowest BCUT2D eigenvalue weighted by Gasteiger charge is -2.03. The molecule has 1 N–H and O–H groups in total. The second-order valence-electron chi connectivity index (χ2n) is 3.92. The second-order valence-corrected chi connectivity index (χ2v) is 3.92. The molecule has 0 fully saturated rings. The smallest absolute Gasteiger partial charge is 0.416 e. The van der Waals surface area contributed by atoms with Crippen molar-refractivity contribution in [1.29, 1.82) is 0 Å². The fourth-order valence-electron chi connectivity index (χ4n) is 1.56. The third-order valence-electron chi connectivity index (χ3n) is 2.57. The van der Waals surface area contributed by atoms with E-state index >= 15 is 0 Å². The van der Waals surface area contributed by atoms with Crippen molar-refractivity contribution in [3.63, 3.8) is 0 Å². The third kappa shape index (κ3) is 3.46. The van der Waals surface area contributed by atoms with E-state index in [-0.39, 0.29) is 0 Å². The van der Waals surface area contributed by atoms with E-state index in [1.54, 1.807) is 6.08 Å². The highest BCUT2D eigenvalue weighted by Gasteiger charge is 1.98. The van der Waals surface area contributed by atoms with Crippen molar-refractivity contribution in [1.82, 2.24) is 4.98 Å². The predicted molar refractivity (Wildman–Crippen MR) is 69.2 cm³/mol. The highest BCUT2D eigenvalue weighted by Crippen LogP contribution is 2.06. The number of aromatic nitrogens is 1. The minimum Gasteiger partial charge on any atom is -0.416 e. The number of nitrogens with one attached hydrogen (secondary N) is 1. The molecule has 94 valence electrons. The van der Waals surface area contributed by atoms with Gasteiger partial charge in [0.15, 0.2) is 0 Å². The predicted octanol–water partition coefficient (Wildman–Crippen LogP) is 2.37. The van der Waals surface area contributed by atoms with Gasteiger partial charge in [0.1, 0.15) is 6.26 Å². The maximum atomic E-state index is 10.7. The van der Waals surface area contributed by atoms with Crippen LogP contribution >= 0.6 is 0 Å². The minimum absolute atomic E-state index is 0.426. The van der Waals surface area contributed by atoms with Gasteiger partial charge in [-0.3, -0.25) is 4.98 Å². The van der Waals surface area contributed by atoms with Crippen LogP contribution < -0.4 is 5.76 Å². The van der Waals surface area contributed by atoms with Crippen molar-refractivity contribution in [2.45, 2.75) is 13.0 Å². The van der Waals surface area contributed by atoms with E-state index in [0.717, 1.165) is 16.8 Å². The quantitative estimate of drug-likeness (QED) is 0.795. The van der Waals surface area contributed by atoms with Crippen molar-refractivity contribution < 1.29 is 9.15 Å². The molecule has 0 aliphatic carbocycles. The van der Waals surface area contributed by atoms with Crippen LogP contribution in [-0.2, 0) is 17.8 Å². The highest BCUT2D eigenvalue weighted by molar-refractivity contribution is 5.47. The number of hydrogen-bond donors (Lipinski definition) is 1. The summed E-state index contributed by atoms with van der Waals surface area (Å²) >= 11 is 0. The van der Waals surface area contributed by atoms with Crippen molar-refractivity contribution in [3.8, 4) is 0 Å². The van der Waals surface area contributed by atoms with Gasteiger partial charge >= 0.3 is 5.76 Å². The molecule has 0 aliphatic heterocycles. The van der Waals surface area contributed by atoms with Crippen molar-refractivity contribution in [3.05, 3.63) is 64.5 Å². The number of benzene rings is 1. The average Bonchev–Trinajstić information content (AvgIpc) is 2.81. The van der Waals surface area contributed by atoms with Gasteiger partial charge in [-0.1, -0.05) is 36.9 Å². The van der Waals surface area contributed by atoms with Gasteiger partial charge in [-0.25, -0.2) is 4.79 Å². The van der Waals surface area contributed by atoms with E-state index in [1.807, 2.05) is 24.3 Å². The summed E-state index contributed by atoms with van der Waals surface area (Å²) in [5.74, 6) is -0.426. The molecule has 0 radical (unpaired) electrons. The van der Waals surface area contributed by atoms with Crippen LogP contribution in [0.2, 0.25) is 0 Å². The summed E-state index contributed by atoms with van der Waals surface area (Å²) < 4.78 is 10.1. The molecule has 18 heavy (non-hydrogen) atoms. The molecule has 4 nitrogen and oxygen atoms in total. The lowest BCUT2D eigenvalue weighted by atomic mass is 10.1. The molecule has 0 saturated heterocycles. The van der Waals surface area contributed by atoms with Crippen LogP contribution in [0.1, 0.15) is 16.8 Å². The van der Waals surface area contributed by atoms with E-state index in [2.05, 4.69) is 16.0 Å². The molecule has 0 bridgehead atoms. The van der Waals surface area contributed by atoms with Gasteiger partial charge in [-0.15, -0.1) is 0 Å². The Morgan fingerprint density at radius 1 is 1.33 bits per heavy atom. The molecule has 0 amide bonds. The molecule has 2 aromatic rings. The molecule has 0 aliphatic rings. The van der Waals surface area contributed by atoms with Gasteiger partial charge in [0.05, 0.1) is 18.9 Å². The fraction of sp³-hybridized carbons (Fsp3) is 0.214. The number of aromatic amines is 1. The lowest BCUT2D eigenvalue weighted by molar-refractivity contribution is 0.123. The second kappa shape index (κ2) is 6.02. The van der Waals surface area contributed by atoms with Crippen LogP contribution in [0.15, 0.2) is 46.3 Å². The molecule has 2 rings (SSSR count). The van der Waals surface area contributed by atoms with Crippen molar-refractivity contribution in [2.75, 3.05) is 6.61 Å². The van der Waals surface area contributed by atoms with Crippen LogP contribution in [0.5, 0.6) is 0 Å². The Balaban J connectivity index is 1.74. The summed E-state index contributed by atoms with van der Waals surface area (Å²) in [5.41, 5.74) is 2.96. The molecule has 1 aromatic carbocycles. The molecule has 1 aromatic heterocycles. The zero-order valence-corrected chi connectivity index (χ0v) is 10.0. The first-order chi connectivity index (χ1) is 8.78. The first-order valence-electron chi connectivity index (χ1n) is 5.74. The Bertz CT molecular complexity index is 551. The highest BCUT2D eigenvalue weighted by atomic mass is 16.5. The largest absolute Gasteiger partial charge is 0.416 e. The average molecular weight is 245 g/mol. The molecule has 0 atom stereocenters. The monoisotopic (exact) mass is 245 g/mol. The van der Waals surface area contributed by atoms with Crippen LogP contribution in [-0.4, -0.2) is 11.6 Å². The Kier molecular flexibility index (Phi) is 4.15. The summed E-state index contributed by atoms with van der Waals surface area (Å²) in [4.78, 5) is 13.3. The van der Waals surface area contributed by atoms with Crippen LogP contribution in [0.4, 0.5) is 0 Å². The van der Waals surface area contributed by atoms with Gasteiger partial charge < -0.3 is 9.15 Å². The van der Waals surface area contributed by atoms with Crippen molar-refractivity contribution >= 4 is 6.08 Å². The Morgan fingerprint density at radius 2 is 2.11 bits per heavy atom. The van der Waals surface area contributed by atoms with E-state index in [1.165, 1.54) is 6.26 Å². The normalized spacial score (nSPS) is 10.4. The Hall–Kier alpha value is -2.07. The summed E-state index contributed by atoms with van der Waals surface area (Å²) in [7, 11) is 0. The number of H-pyrrole nitrogens is 1. The summed E-state index contributed by atoms with van der Waals surface area (Å²) in [5, 5.41) is 0. The van der Waals surface area contributed by atoms with E-state index in [4.69, 9.17) is 4.74 Å². The van der Waals surface area contributed by atoms with Gasteiger partial charge in [-0.05, 0) is 11.1 Å². The molecule has 0 saturated carbocycles. The van der Waals surface area contributed by atoms with Crippen LogP contribution in [0.25, 0.3) is 6.08 Å². The molecular formula is C14H15NO3. The zero-order chi connectivity index (χ0) is 12.8. The van der Waals surface area contributed by atoms with E-state index in [0.29, 0.717) is 19.6 Å². The summed E-state index contributed by atoms with van der Waals surface area (Å²) in [6.07, 6.45) is 3.86. The standard InChI is InChI=1S/C14H15NO3/c1-2-11-3-5-12(6-4-11)9-17-8-7-13-10-18-14(16)15-13/h2-6,10H,1,7-9H2,(H,15,16). The molecule has 0 unspecified atom stereocenters. The summed E-state index contributed by atoms with van der Waals surface area (Å²) in [6, 6.07) is 8.02. The molecule has 0 spiro atoms. The Morgan fingerprint density at radius 3 is 2.72 bits per heavy atom. The molecule has 1 heterocycles. The molecular weight excluding hydrogens is 230 g/mol.